The van der Waals surface area contributed by atoms with E-state index in [1.165, 1.54) is 6.07 Å². The number of aromatic nitrogens is 2. The van der Waals surface area contributed by atoms with Crippen molar-refractivity contribution >= 4 is 22.5 Å². The molecule has 2 aromatic rings. The van der Waals surface area contributed by atoms with E-state index in [1.54, 1.807) is 0 Å². The van der Waals surface area contributed by atoms with Gasteiger partial charge < -0.3 is 5.32 Å². The molecule has 0 saturated heterocycles. The van der Waals surface area contributed by atoms with Gasteiger partial charge in [-0.25, -0.2) is 4.39 Å². The standard InChI is InChI=1S/C13H16FN3O2/c1-3-7(2)4-11(18)15-8-5-9(14)12-10(6-8)16-17-13(12)19/h5-7H,3-4H2,1-2H3,(H,15,18)(H2,16,17,19). The molecular weight excluding hydrogens is 249 g/mol. The highest BCUT2D eigenvalue weighted by atomic mass is 19.1. The first kappa shape index (κ1) is 13.3. The summed E-state index contributed by atoms with van der Waals surface area (Å²) in [5.41, 5.74) is 0.169. The van der Waals surface area contributed by atoms with Gasteiger partial charge in [0.2, 0.25) is 5.91 Å². The largest absolute Gasteiger partial charge is 0.326 e. The summed E-state index contributed by atoms with van der Waals surface area (Å²) in [5.74, 6) is -0.537. The summed E-state index contributed by atoms with van der Waals surface area (Å²) in [5, 5.41) is 7.48. The van der Waals surface area contributed by atoms with E-state index in [4.69, 9.17) is 0 Å². The summed E-state index contributed by atoms with van der Waals surface area (Å²) in [6.07, 6.45) is 1.30. The van der Waals surface area contributed by atoms with Gasteiger partial charge >= 0.3 is 0 Å². The second-order valence-corrected chi connectivity index (χ2v) is 4.73. The van der Waals surface area contributed by atoms with Crippen molar-refractivity contribution in [3.63, 3.8) is 0 Å². The van der Waals surface area contributed by atoms with E-state index >= 15 is 0 Å². The molecule has 1 aromatic heterocycles. The van der Waals surface area contributed by atoms with Crippen LogP contribution in [0.5, 0.6) is 0 Å². The molecule has 0 aliphatic heterocycles. The highest BCUT2D eigenvalue weighted by Gasteiger charge is 2.12. The van der Waals surface area contributed by atoms with Crippen molar-refractivity contribution in [2.24, 2.45) is 5.92 Å². The van der Waals surface area contributed by atoms with Crippen LogP contribution < -0.4 is 10.9 Å². The van der Waals surface area contributed by atoms with Gasteiger partial charge in [0.1, 0.15) is 11.2 Å². The fourth-order valence-corrected chi connectivity index (χ4v) is 1.87. The number of anilines is 1. The summed E-state index contributed by atoms with van der Waals surface area (Å²) < 4.78 is 13.7. The van der Waals surface area contributed by atoms with E-state index in [9.17, 15) is 14.0 Å². The van der Waals surface area contributed by atoms with Crippen LogP contribution in [-0.4, -0.2) is 16.1 Å². The van der Waals surface area contributed by atoms with E-state index in [1.807, 2.05) is 13.8 Å². The molecule has 3 N–H and O–H groups in total. The fraction of sp³-hybridized carbons (Fsp3) is 0.385. The molecule has 2 rings (SSSR count). The lowest BCUT2D eigenvalue weighted by molar-refractivity contribution is -0.117. The molecule has 1 amide bonds. The molecule has 1 heterocycles. The Bertz CT molecular complexity index is 659. The van der Waals surface area contributed by atoms with Crippen LogP contribution in [0.3, 0.4) is 0 Å². The average molecular weight is 265 g/mol. The number of fused-ring (bicyclic) bond motifs is 1. The zero-order valence-electron chi connectivity index (χ0n) is 10.8. The van der Waals surface area contributed by atoms with Crippen LogP contribution in [0.4, 0.5) is 10.1 Å². The number of benzene rings is 1. The number of hydrogen-bond acceptors (Lipinski definition) is 2. The van der Waals surface area contributed by atoms with Crippen molar-refractivity contribution in [3.05, 3.63) is 28.3 Å². The quantitative estimate of drug-likeness (QED) is 0.793. The zero-order valence-corrected chi connectivity index (χ0v) is 10.8. The van der Waals surface area contributed by atoms with Crippen LogP contribution in [0.1, 0.15) is 26.7 Å². The molecule has 0 aliphatic rings. The Labute approximate surface area is 109 Å². The maximum atomic E-state index is 13.7. The second-order valence-electron chi connectivity index (χ2n) is 4.73. The Hall–Kier alpha value is -2.11. The third-order valence-corrected chi connectivity index (χ3v) is 3.14. The first-order chi connectivity index (χ1) is 9.01. The monoisotopic (exact) mass is 265 g/mol. The summed E-state index contributed by atoms with van der Waals surface area (Å²) in [6, 6.07) is 2.69. The second kappa shape index (κ2) is 5.26. The van der Waals surface area contributed by atoms with E-state index < -0.39 is 11.4 Å². The molecule has 0 fully saturated rings. The predicted molar refractivity (Wildman–Crippen MR) is 71.6 cm³/mol. The number of amides is 1. The van der Waals surface area contributed by atoms with Gasteiger partial charge in [-0.3, -0.25) is 19.8 Å². The summed E-state index contributed by atoms with van der Waals surface area (Å²) in [4.78, 5) is 23.0. The molecule has 0 bridgehead atoms. The van der Waals surface area contributed by atoms with Gasteiger partial charge in [0.15, 0.2) is 0 Å². The molecule has 0 spiro atoms. The van der Waals surface area contributed by atoms with Crippen LogP contribution in [0.25, 0.3) is 10.9 Å². The number of H-pyrrole nitrogens is 2. The minimum absolute atomic E-state index is 0.0278. The van der Waals surface area contributed by atoms with Crippen LogP contribution in [-0.2, 0) is 4.79 Å². The van der Waals surface area contributed by atoms with Crippen molar-refractivity contribution in [1.82, 2.24) is 10.2 Å². The summed E-state index contributed by atoms with van der Waals surface area (Å²) in [6.45, 7) is 3.99. The van der Waals surface area contributed by atoms with Crippen molar-refractivity contribution in [2.45, 2.75) is 26.7 Å². The lowest BCUT2D eigenvalue weighted by Gasteiger charge is -2.09. The predicted octanol–water partition coefficient (Wildman–Crippen LogP) is 2.37. The van der Waals surface area contributed by atoms with E-state index in [0.717, 1.165) is 12.5 Å². The van der Waals surface area contributed by atoms with Crippen molar-refractivity contribution in [2.75, 3.05) is 5.32 Å². The first-order valence-electron chi connectivity index (χ1n) is 6.21. The maximum absolute atomic E-state index is 13.7. The molecule has 6 heteroatoms. The van der Waals surface area contributed by atoms with Crippen LogP contribution in [0.15, 0.2) is 16.9 Å². The van der Waals surface area contributed by atoms with Crippen molar-refractivity contribution in [1.29, 1.82) is 0 Å². The number of hydrogen-bond donors (Lipinski definition) is 3. The Morgan fingerprint density at radius 1 is 1.42 bits per heavy atom. The molecule has 5 nitrogen and oxygen atoms in total. The van der Waals surface area contributed by atoms with Crippen LogP contribution >= 0.6 is 0 Å². The number of carbonyl (C=O) groups excluding carboxylic acids is 1. The van der Waals surface area contributed by atoms with Crippen molar-refractivity contribution in [3.8, 4) is 0 Å². The minimum Gasteiger partial charge on any atom is -0.326 e. The Morgan fingerprint density at radius 2 is 2.16 bits per heavy atom. The highest BCUT2D eigenvalue weighted by molar-refractivity contribution is 5.93. The molecule has 0 saturated carbocycles. The highest BCUT2D eigenvalue weighted by Crippen LogP contribution is 2.19. The van der Waals surface area contributed by atoms with E-state index in [0.29, 0.717) is 17.6 Å². The number of nitrogens with one attached hydrogen (secondary N) is 3. The number of aromatic amines is 2. The maximum Gasteiger partial charge on any atom is 0.274 e. The molecule has 1 aromatic carbocycles. The van der Waals surface area contributed by atoms with Gasteiger partial charge in [-0.2, -0.15) is 0 Å². The molecular formula is C13H16FN3O2. The number of carbonyl (C=O) groups is 1. The van der Waals surface area contributed by atoms with Crippen molar-refractivity contribution < 1.29 is 9.18 Å². The minimum atomic E-state index is -0.654. The smallest absolute Gasteiger partial charge is 0.274 e. The first-order valence-corrected chi connectivity index (χ1v) is 6.21. The Morgan fingerprint density at radius 3 is 2.84 bits per heavy atom. The van der Waals surface area contributed by atoms with Crippen LogP contribution in [0.2, 0.25) is 0 Å². The van der Waals surface area contributed by atoms with Gasteiger partial charge in [-0.1, -0.05) is 20.3 Å². The van der Waals surface area contributed by atoms with Gasteiger partial charge in [0.05, 0.1) is 5.52 Å². The van der Waals surface area contributed by atoms with Gasteiger partial charge in [-0.05, 0) is 18.1 Å². The Balaban J connectivity index is 2.22. The molecule has 1 unspecified atom stereocenters. The van der Waals surface area contributed by atoms with Crippen LogP contribution in [0, 0.1) is 11.7 Å². The number of halogens is 1. The molecule has 0 radical (unpaired) electrons. The molecule has 1 atom stereocenters. The number of rotatable bonds is 4. The summed E-state index contributed by atoms with van der Waals surface area (Å²) >= 11 is 0. The van der Waals surface area contributed by atoms with E-state index in [-0.39, 0.29) is 17.2 Å². The van der Waals surface area contributed by atoms with Gasteiger partial charge in [-0.15, -0.1) is 0 Å². The lowest BCUT2D eigenvalue weighted by Crippen LogP contribution is -2.15. The third kappa shape index (κ3) is 2.83. The average Bonchev–Trinajstić information content (AvgIpc) is 2.70. The molecule has 102 valence electrons. The van der Waals surface area contributed by atoms with Gasteiger partial charge in [0, 0.05) is 12.1 Å². The van der Waals surface area contributed by atoms with Gasteiger partial charge in [0.25, 0.3) is 5.56 Å². The third-order valence-electron chi connectivity index (χ3n) is 3.14. The molecule has 0 aliphatic carbocycles. The van der Waals surface area contributed by atoms with E-state index in [2.05, 4.69) is 15.5 Å². The topological polar surface area (TPSA) is 77.8 Å². The fourth-order valence-electron chi connectivity index (χ4n) is 1.87. The SMILES string of the molecule is CCC(C)CC(=O)Nc1cc(F)c2c(=O)[nH][nH]c2c1. The normalized spacial score (nSPS) is 12.6. The molecule has 19 heavy (non-hydrogen) atoms. The summed E-state index contributed by atoms with van der Waals surface area (Å²) in [7, 11) is 0. The Kier molecular flexibility index (Phi) is 3.69. The lowest BCUT2D eigenvalue weighted by atomic mass is 10.0. The zero-order chi connectivity index (χ0) is 14.0.